The maximum Gasteiger partial charge on any atom is 0.417 e. The molecule has 1 atom stereocenters. The van der Waals surface area contributed by atoms with E-state index in [2.05, 4.69) is 4.72 Å². The van der Waals surface area contributed by atoms with Crippen molar-refractivity contribution in [3.05, 3.63) is 68.2 Å². The Hall–Kier alpha value is -2.21. The first kappa shape index (κ1) is 22.1. The number of nitro benzene ring substituents is 1. The van der Waals surface area contributed by atoms with E-state index in [1.54, 1.807) is 0 Å². The molecule has 0 aliphatic rings. The largest absolute Gasteiger partial charge is 0.417 e. The maximum atomic E-state index is 13.0. The van der Waals surface area contributed by atoms with Crippen LogP contribution in [0.1, 0.15) is 22.7 Å². The number of nitrogens with one attached hydrogen (secondary N) is 1. The molecule has 0 spiro atoms. The van der Waals surface area contributed by atoms with Gasteiger partial charge in [-0.15, -0.1) is 0 Å². The topological polar surface area (TPSA) is 115 Å². The molecule has 12 heteroatoms. The van der Waals surface area contributed by atoms with Gasteiger partial charge < -0.3 is 5.73 Å². The van der Waals surface area contributed by atoms with Gasteiger partial charge >= 0.3 is 6.18 Å². The van der Waals surface area contributed by atoms with Crippen molar-refractivity contribution in [2.75, 3.05) is 7.05 Å². The van der Waals surface area contributed by atoms with E-state index in [0.717, 1.165) is 37.4 Å². The highest BCUT2D eigenvalue weighted by Gasteiger charge is 2.34. The molecule has 0 aliphatic heterocycles. The molecule has 0 aromatic heterocycles. The summed E-state index contributed by atoms with van der Waals surface area (Å²) in [6, 6.07) is 5.13. The van der Waals surface area contributed by atoms with Gasteiger partial charge in [0, 0.05) is 18.2 Å². The van der Waals surface area contributed by atoms with Crippen LogP contribution in [0.25, 0.3) is 0 Å². The first-order chi connectivity index (χ1) is 12.9. The number of alkyl halides is 3. The third kappa shape index (κ3) is 4.79. The summed E-state index contributed by atoms with van der Waals surface area (Å²) in [7, 11) is -2.80. The monoisotopic (exact) mass is 437 g/mol. The number of halogens is 4. The fourth-order valence-corrected chi connectivity index (χ4v) is 3.74. The number of hydrogen-bond donors (Lipinski definition) is 2. The van der Waals surface area contributed by atoms with Crippen LogP contribution < -0.4 is 10.5 Å². The summed E-state index contributed by atoms with van der Waals surface area (Å²) in [6.07, 6.45) is -4.95. The molecule has 0 saturated carbocycles. The zero-order valence-corrected chi connectivity index (χ0v) is 15.9. The molecule has 152 valence electrons. The van der Waals surface area contributed by atoms with Crippen molar-refractivity contribution in [2.24, 2.45) is 5.73 Å². The molecule has 3 N–H and O–H groups in total. The lowest BCUT2D eigenvalue weighted by molar-refractivity contribution is -0.385. The predicted octanol–water partition coefficient (Wildman–Crippen LogP) is 3.42. The Labute approximate surface area is 163 Å². The van der Waals surface area contributed by atoms with Gasteiger partial charge in [0.25, 0.3) is 5.69 Å². The quantitative estimate of drug-likeness (QED) is 0.530. The number of rotatable bonds is 6. The fourth-order valence-electron chi connectivity index (χ4n) is 2.56. The van der Waals surface area contributed by atoms with Crippen LogP contribution in [0.3, 0.4) is 0 Å². The van der Waals surface area contributed by atoms with E-state index < -0.39 is 37.8 Å². The van der Waals surface area contributed by atoms with Crippen LogP contribution in [0.2, 0.25) is 5.02 Å². The first-order valence-electron chi connectivity index (χ1n) is 7.70. The summed E-state index contributed by atoms with van der Waals surface area (Å²) in [6.45, 7) is 0. The third-order valence-electron chi connectivity index (χ3n) is 3.98. The highest BCUT2D eigenvalue weighted by molar-refractivity contribution is 7.89. The molecule has 0 amide bonds. The summed E-state index contributed by atoms with van der Waals surface area (Å²) in [5, 5.41) is 10.5. The second-order valence-corrected chi connectivity index (χ2v) is 8.07. The van der Waals surface area contributed by atoms with E-state index >= 15 is 0 Å². The Kier molecular flexibility index (Phi) is 6.34. The summed E-state index contributed by atoms with van der Waals surface area (Å²) in [5.41, 5.74) is 4.57. The van der Waals surface area contributed by atoms with E-state index in [4.69, 9.17) is 17.3 Å². The molecule has 0 saturated heterocycles. The van der Waals surface area contributed by atoms with Gasteiger partial charge in [0.05, 0.1) is 20.4 Å². The van der Waals surface area contributed by atoms with Crippen LogP contribution >= 0.6 is 11.6 Å². The number of nitrogens with zero attached hydrogens (tertiary/aromatic N) is 1. The Bertz CT molecular complexity index is 1010. The molecule has 0 bridgehead atoms. The fraction of sp³-hybridized carbons (Fsp3) is 0.250. The van der Waals surface area contributed by atoms with Crippen molar-refractivity contribution in [2.45, 2.75) is 23.5 Å². The van der Waals surface area contributed by atoms with Crippen molar-refractivity contribution in [3.8, 4) is 0 Å². The number of benzene rings is 2. The predicted molar refractivity (Wildman–Crippen MR) is 96.4 cm³/mol. The molecule has 2 rings (SSSR count). The van der Waals surface area contributed by atoms with Gasteiger partial charge in [0.1, 0.15) is 0 Å². The summed E-state index contributed by atoms with van der Waals surface area (Å²) in [4.78, 5) is 10.0. The zero-order valence-electron chi connectivity index (χ0n) is 14.3. The lowest BCUT2D eigenvalue weighted by Gasteiger charge is -2.17. The smallest absolute Gasteiger partial charge is 0.324 e. The minimum Gasteiger partial charge on any atom is -0.324 e. The Morgan fingerprint density at radius 1 is 1.25 bits per heavy atom. The Morgan fingerprint density at radius 2 is 1.89 bits per heavy atom. The molecular formula is C16H15ClF3N3O4S. The van der Waals surface area contributed by atoms with Crippen molar-refractivity contribution in [3.63, 3.8) is 0 Å². The van der Waals surface area contributed by atoms with Crippen molar-refractivity contribution >= 4 is 27.3 Å². The minimum absolute atomic E-state index is 0.000409. The number of sulfonamides is 1. The van der Waals surface area contributed by atoms with Gasteiger partial charge in [-0.25, -0.2) is 13.1 Å². The third-order valence-corrected chi connectivity index (χ3v) is 5.82. The highest BCUT2D eigenvalue weighted by atomic mass is 35.5. The number of non-ortho nitro benzene ring substituents is 1. The highest BCUT2D eigenvalue weighted by Crippen LogP contribution is 2.36. The van der Waals surface area contributed by atoms with Gasteiger partial charge in [-0.3, -0.25) is 10.1 Å². The SMILES string of the molecule is CNS(=O)(=O)c1ccc([N+](=O)[O-])cc1C[C@H](N)c1ccc(Cl)c(C(F)(F)F)c1. The second-order valence-electron chi connectivity index (χ2n) is 5.80. The first-order valence-corrected chi connectivity index (χ1v) is 9.56. The summed E-state index contributed by atoms with van der Waals surface area (Å²) in [5.74, 6) is 0. The molecule has 0 aliphatic carbocycles. The van der Waals surface area contributed by atoms with E-state index in [0.29, 0.717) is 0 Å². The molecule has 7 nitrogen and oxygen atoms in total. The van der Waals surface area contributed by atoms with Crippen molar-refractivity contribution in [1.82, 2.24) is 4.72 Å². The van der Waals surface area contributed by atoms with E-state index in [1.807, 2.05) is 0 Å². The normalized spacial score (nSPS) is 13.4. The standard InChI is InChI=1S/C16H15ClF3N3O4S/c1-22-28(26,27)15-5-3-11(23(24)25)6-10(15)8-14(21)9-2-4-13(17)12(7-9)16(18,19)20/h2-7,14,22H,8,21H2,1H3/t14-/m0/s1. The van der Waals surface area contributed by atoms with Gasteiger partial charge in [0.2, 0.25) is 10.0 Å². The van der Waals surface area contributed by atoms with Crippen LogP contribution in [-0.4, -0.2) is 20.4 Å². The lowest BCUT2D eigenvalue weighted by Crippen LogP contribution is -2.22. The van der Waals surface area contributed by atoms with Crippen LogP contribution in [0.4, 0.5) is 18.9 Å². The molecule has 0 radical (unpaired) electrons. The van der Waals surface area contributed by atoms with Crippen LogP contribution in [0.5, 0.6) is 0 Å². The average molecular weight is 438 g/mol. The van der Waals surface area contributed by atoms with Crippen molar-refractivity contribution in [1.29, 1.82) is 0 Å². The van der Waals surface area contributed by atoms with E-state index in [-0.39, 0.29) is 28.1 Å². The Balaban J connectivity index is 2.50. The number of nitro groups is 1. The summed E-state index contributed by atoms with van der Waals surface area (Å²) < 4.78 is 65.5. The van der Waals surface area contributed by atoms with Gasteiger partial charge in [-0.05, 0) is 42.8 Å². The second kappa shape index (κ2) is 8.03. The van der Waals surface area contributed by atoms with Gasteiger partial charge in [0.15, 0.2) is 0 Å². The van der Waals surface area contributed by atoms with Gasteiger partial charge in [-0.2, -0.15) is 13.2 Å². The van der Waals surface area contributed by atoms with E-state index in [1.165, 1.54) is 6.07 Å². The lowest BCUT2D eigenvalue weighted by atomic mass is 9.97. The number of nitrogens with two attached hydrogens (primary N) is 1. The number of hydrogen-bond acceptors (Lipinski definition) is 5. The molecule has 0 fully saturated rings. The van der Waals surface area contributed by atoms with Crippen LogP contribution in [0, 0.1) is 10.1 Å². The maximum absolute atomic E-state index is 13.0. The van der Waals surface area contributed by atoms with Crippen LogP contribution in [0.15, 0.2) is 41.3 Å². The van der Waals surface area contributed by atoms with Crippen LogP contribution in [-0.2, 0) is 22.6 Å². The molecular weight excluding hydrogens is 423 g/mol. The molecule has 28 heavy (non-hydrogen) atoms. The average Bonchev–Trinajstić information content (AvgIpc) is 2.60. The molecule has 0 heterocycles. The minimum atomic E-state index is -4.70. The van der Waals surface area contributed by atoms with Crippen molar-refractivity contribution < 1.29 is 26.5 Å². The summed E-state index contributed by atoms with van der Waals surface area (Å²) >= 11 is 5.58. The van der Waals surface area contributed by atoms with E-state index in [9.17, 15) is 31.7 Å². The molecule has 2 aromatic rings. The zero-order chi connectivity index (χ0) is 21.3. The van der Waals surface area contributed by atoms with Gasteiger partial charge in [-0.1, -0.05) is 17.7 Å². The molecule has 0 unspecified atom stereocenters. The Morgan fingerprint density at radius 3 is 2.43 bits per heavy atom. The molecule has 2 aromatic carbocycles.